The van der Waals surface area contributed by atoms with E-state index in [4.69, 9.17) is 17.0 Å². The van der Waals surface area contributed by atoms with E-state index < -0.39 is 29.2 Å². The van der Waals surface area contributed by atoms with E-state index >= 15 is 0 Å². The maximum absolute atomic E-state index is 13.6. The predicted octanol–water partition coefficient (Wildman–Crippen LogP) is 3.93. The summed E-state index contributed by atoms with van der Waals surface area (Å²) in [5.41, 5.74) is -0.357. The lowest BCUT2D eigenvalue weighted by Crippen LogP contribution is -2.06. The van der Waals surface area contributed by atoms with E-state index in [0.717, 1.165) is 0 Å². The summed E-state index contributed by atoms with van der Waals surface area (Å²) in [5, 5.41) is 9.62. The Morgan fingerprint density at radius 2 is 2.05 bits per heavy atom. The van der Waals surface area contributed by atoms with Gasteiger partial charge in [0.05, 0.1) is 11.3 Å². The van der Waals surface area contributed by atoms with Gasteiger partial charge in [-0.3, -0.25) is 0 Å². The number of carbonyl (C=O) groups is 1. The fourth-order valence-corrected chi connectivity index (χ4v) is 2.95. The van der Waals surface area contributed by atoms with Crippen LogP contribution >= 0.6 is 23.6 Å². The number of hydrogen-bond acceptors (Lipinski definition) is 5. The summed E-state index contributed by atoms with van der Waals surface area (Å²) in [7, 11) is 0. The van der Waals surface area contributed by atoms with Gasteiger partial charge < -0.3 is 9.84 Å². The number of fused-ring (bicyclic) bond motifs is 1. The average molecular weight is 320 g/mol. The maximum atomic E-state index is 13.6. The summed E-state index contributed by atoms with van der Waals surface area (Å²) >= 11 is 5.43. The van der Waals surface area contributed by atoms with Crippen molar-refractivity contribution < 1.29 is 27.8 Å². The second-order valence-corrected chi connectivity index (χ2v) is 5.38. The van der Waals surface area contributed by atoms with Crippen molar-refractivity contribution in [3.63, 3.8) is 0 Å². The number of benzene rings is 1. The molecule has 1 aromatic heterocycles. The van der Waals surface area contributed by atoms with Crippen LogP contribution in [0.3, 0.4) is 0 Å². The second kappa shape index (κ2) is 5.37. The molecule has 0 spiro atoms. The molecule has 1 aromatic carbocycles. The van der Waals surface area contributed by atoms with Crippen LogP contribution in [0.25, 0.3) is 10.1 Å². The van der Waals surface area contributed by atoms with Crippen LogP contribution < -0.4 is 0 Å². The first kappa shape index (κ1) is 14.7. The highest BCUT2D eigenvalue weighted by molar-refractivity contribution is 7.74. The van der Waals surface area contributed by atoms with Gasteiger partial charge in [-0.2, -0.15) is 0 Å². The molecular formula is C12H7F3O3S2. The van der Waals surface area contributed by atoms with E-state index in [0.29, 0.717) is 17.4 Å². The Kier molecular flexibility index (Phi) is 3.96. The first-order valence-electron chi connectivity index (χ1n) is 5.38. The van der Waals surface area contributed by atoms with Crippen LogP contribution in [0.2, 0.25) is 0 Å². The Bertz CT molecular complexity index is 771. The summed E-state index contributed by atoms with van der Waals surface area (Å²) < 4.78 is 44.2. The molecule has 2 aromatic rings. The van der Waals surface area contributed by atoms with Crippen LogP contribution in [-0.4, -0.2) is 17.7 Å². The largest absolute Gasteiger partial charge is 0.506 e. The number of aromatic hydroxyl groups is 1. The molecule has 0 amide bonds. The van der Waals surface area contributed by atoms with Gasteiger partial charge in [-0.15, -0.1) is 11.3 Å². The fraction of sp³-hybridized carbons (Fsp3) is 0.167. The molecule has 0 aliphatic rings. The van der Waals surface area contributed by atoms with Crippen molar-refractivity contribution >= 4 is 39.6 Å². The van der Waals surface area contributed by atoms with Crippen LogP contribution in [0, 0.1) is 21.3 Å². The molecule has 1 heterocycles. The Morgan fingerprint density at radius 1 is 1.40 bits per heavy atom. The van der Waals surface area contributed by atoms with Gasteiger partial charge in [-0.05, 0) is 13.0 Å². The molecule has 0 saturated carbocycles. The van der Waals surface area contributed by atoms with E-state index in [9.17, 15) is 23.1 Å². The van der Waals surface area contributed by atoms with Crippen molar-refractivity contribution in [1.29, 1.82) is 0 Å². The smallest absolute Gasteiger partial charge is 0.344 e. The summed E-state index contributed by atoms with van der Waals surface area (Å²) in [4.78, 5) is 11.7. The van der Waals surface area contributed by atoms with Crippen molar-refractivity contribution in [3.8, 4) is 5.75 Å². The predicted molar refractivity (Wildman–Crippen MR) is 70.2 cm³/mol. The van der Waals surface area contributed by atoms with E-state index in [1.165, 1.54) is 0 Å². The fourth-order valence-electron chi connectivity index (χ4n) is 1.61. The monoisotopic (exact) mass is 320 g/mol. The number of hydrogen-bond donors (Lipinski definition) is 1. The molecule has 0 aliphatic heterocycles. The first-order chi connectivity index (χ1) is 9.38. The Balaban J connectivity index is 2.86. The molecule has 0 bridgehead atoms. The van der Waals surface area contributed by atoms with Gasteiger partial charge in [0.15, 0.2) is 17.5 Å². The second-order valence-electron chi connectivity index (χ2n) is 3.70. The zero-order chi connectivity index (χ0) is 15.0. The molecule has 1 N–H and O–H groups in total. The Hall–Kier alpha value is -1.67. The van der Waals surface area contributed by atoms with E-state index in [1.54, 1.807) is 6.92 Å². The lowest BCUT2D eigenvalue weighted by atomic mass is 10.1. The molecule has 0 atom stereocenters. The van der Waals surface area contributed by atoms with Crippen LogP contribution in [0.5, 0.6) is 5.75 Å². The van der Waals surface area contributed by atoms with Crippen LogP contribution in [0.1, 0.15) is 17.3 Å². The molecule has 0 fully saturated rings. The molecule has 0 saturated heterocycles. The van der Waals surface area contributed by atoms with Crippen LogP contribution in [0.15, 0.2) is 6.07 Å². The van der Waals surface area contributed by atoms with Gasteiger partial charge in [0.25, 0.3) is 0 Å². The van der Waals surface area contributed by atoms with Gasteiger partial charge in [-0.25, -0.2) is 18.0 Å². The van der Waals surface area contributed by atoms with Crippen molar-refractivity contribution in [2.24, 2.45) is 0 Å². The summed E-state index contributed by atoms with van der Waals surface area (Å²) in [6, 6.07) is 0.608. The molecule has 2 rings (SSSR count). The van der Waals surface area contributed by atoms with Crippen LogP contribution in [0.4, 0.5) is 13.2 Å². The highest BCUT2D eigenvalue weighted by Gasteiger charge is 2.23. The number of halogens is 3. The molecule has 8 heteroatoms. The van der Waals surface area contributed by atoms with Crippen molar-refractivity contribution in [1.82, 2.24) is 0 Å². The lowest BCUT2D eigenvalue weighted by Gasteiger charge is -2.08. The lowest BCUT2D eigenvalue weighted by molar-refractivity contribution is 0.0523. The van der Waals surface area contributed by atoms with E-state index in [2.05, 4.69) is 0 Å². The zero-order valence-electron chi connectivity index (χ0n) is 10.00. The number of carbonyl (C=O) groups excluding carboxylic acids is 1. The standard InChI is InChI=1S/C12H7F3O3S2/c1-2-18-11(17)6-9(16)4-3-5(13)7(14)8(15)10(4)20-12(6)19/h3,16H,2H2,1H3. The van der Waals surface area contributed by atoms with Crippen molar-refractivity contribution in [3.05, 3.63) is 32.9 Å². The Morgan fingerprint density at radius 3 is 2.65 bits per heavy atom. The van der Waals surface area contributed by atoms with Gasteiger partial charge >= 0.3 is 5.97 Å². The van der Waals surface area contributed by atoms with Gasteiger partial charge in [0, 0.05) is 5.39 Å². The third kappa shape index (κ3) is 2.25. The van der Waals surface area contributed by atoms with E-state index in [-0.39, 0.29) is 26.1 Å². The molecule has 0 unspecified atom stereocenters. The number of ether oxygens (including phenoxy) is 1. The maximum Gasteiger partial charge on any atom is 0.344 e. The summed E-state index contributed by atoms with van der Waals surface area (Å²) in [5.74, 6) is -6.21. The molecular weight excluding hydrogens is 313 g/mol. The quantitative estimate of drug-likeness (QED) is 0.517. The molecule has 0 aliphatic carbocycles. The average Bonchev–Trinajstić information content (AvgIpc) is 2.38. The highest BCUT2D eigenvalue weighted by atomic mass is 32.1. The van der Waals surface area contributed by atoms with Gasteiger partial charge in [-0.1, -0.05) is 12.2 Å². The SMILES string of the molecule is CCOC(=O)c1c(O)c2cc(F)c(F)c(F)c2sc1=S. The van der Waals surface area contributed by atoms with Crippen molar-refractivity contribution in [2.75, 3.05) is 6.61 Å². The number of esters is 1. The van der Waals surface area contributed by atoms with Gasteiger partial charge in [0.2, 0.25) is 0 Å². The van der Waals surface area contributed by atoms with Crippen molar-refractivity contribution in [2.45, 2.75) is 6.92 Å². The van der Waals surface area contributed by atoms with Crippen LogP contribution in [-0.2, 0) is 4.74 Å². The molecule has 20 heavy (non-hydrogen) atoms. The topological polar surface area (TPSA) is 46.5 Å². The van der Waals surface area contributed by atoms with E-state index in [1.807, 2.05) is 0 Å². The zero-order valence-corrected chi connectivity index (χ0v) is 11.6. The normalized spacial score (nSPS) is 10.8. The minimum absolute atomic E-state index is 0.0435. The highest BCUT2D eigenvalue weighted by Crippen LogP contribution is 2.37. The number of rotatable bonds is 2. The third-order valence-corrected chi connectivity index (χ3v) is 3.93. The molecule has 106 valence electrons. The summed E-state index contributed by atoms with van der Waals surface area (Å²) in [6.07, 6.45) is 0. The molecule has 0 radical (unpaired) electrons. The minimum atomic E-state index is -1.66. The third-order valence-electron chi connectivity index (χ3n) is 2.49. The first-order valence-corrected chi connectivity index (χ1v) is 6.61. The Labute approximate surface area is 120 Å². The van der Waals surface area contributed by atoms with Gasteiger partial charge in [0.1, 0.15) is 15.1 Å². The minimum Gasteiger partial charge on any atom is -0.506 e. The molecule has 3 nitrogen and oxygen atoms in total. The summed E-state index contributed by atoms with van der Waals surface area (Å²) in [6.45, 7) is 1.60.